The van der Waals surface area contributed by atoms with Gasteiger partial charge in [-0.15, -0.1) is 0 Å². The standard InChI is InChI=1S/C22H19NO4/c24-22(23-18-8-11-20-21(14-18)26-13-12-25-20)15-27-19-9-6-17(7-10-19)16-4-2-1-3-5-16/h1-11,14H,12-13,15H2,(H,23,24). The van der Waals surface area contributed by atoms with Crippen LogP contribution in [-0.2, 0) is 4.79 Å². The van der Waals surface area contributed by atoms with Crippen LogP contribution < -0.4 is 19.5 Å². The van der Waals surface area contributed by atoms with Gasteiger partial charge >= 0.3 is 0 Å². The monoisotopic (exact) mass is 361 g/mol. The predicted molar refractivity (Wildman–Crippen MR) is 103 cm³/mol. The molecular weight excluding hydrogens is 342 g/mol. The molecule has 0 spiro atoms. The topological polar surface area (TPSA) is 56.8 Å². The SMILES string of the molecule is O=C(COc1ccc(-c2ccccc2)cc1)Nc1ccc2c(c1)OCCO2. The van der Waals surface area contributed by atoms with Gasteiger partial charge in [-0.05, 0) is 35.4 Å². The molecule has 136 valence electrons. The molecule has 0 atom stereocenters. The van der Waals surface area contributed by atoms with Crippen molar-refractivity contribution in [2.45, 2.75) is 0 Å². The van der Waals surface area contributed by atoms with Gasteiger partial charge in [-0.2, -0.15) is 0 Å². The third-order valence-electron chi connectivity index (χ3n) is 4.16. The number of hydrogen-bond acceptors (Lipinski definition) is 4. The van der Waals surface area contributed by atoms with Crippen molar-refractivity contribution >= 4 is 11.6 Å². The number of carbonyl (C=O) groups excluding carboxylic acids is 1. The highest BCUT2D eigenvalue weighted by molar-refractivity contribution is 5.92. The fourth-order valence-electron chi connectivity index (χ4n) is 2.84. The van der Waals surface area contributed by atoms with E-state index < -0.39 is 0 Å². The zero-order valence-corrected chi connectivity index (χ0v) is 14.7. The molecule has 1 heterocycles. The van der Waals surface area contributed by atoms with Crippen LogP contribution in [0, 0.1) is 0 Å². The lowest BCUT2D eigenvalue weighted by Crippen LogP contribution is -2.20. The summed E-state index contributed by atoms with van der Waals surface area (Å²) >= 11 is 0. The van der Waals surface area contributed by atoms with Crippen molar-refractivity contribution < 1.29 is 19.0 Å². The summed E-state index contributed by atoms with van der Waals surface area (Å²) in [5, 5.41) is 2.80. The second-order valence-corrected chi connectivity index (χ2v) is 6.09. The molecule has 3 aromatic carbocycles. The molecule has 5 heteroatoms. The van der Waals surface area contributed by atoms with Crippen LogP contribution in [-0.4, -0.2) is 25.7 Å². The highest BCUT2D eigenvalue weighted by Crippen LogP contribution is 2.32. The van der Waals surface area contributed by atoms with Gasteiger partial charge in [0.15, 0.2) is 18.1 Å². The zero-order valence-electron chi connectivity index (χ0n) is 14.7. The van der Waals surface area contributed by atoms with Gasteiger partial charge < -0.3 is 19.5 Å². The van der Waals surface area contributed by atoms with E-state index in [2.05, 4.69) is 17.4 Å². The normalized spacial score (nSPS) is 12.3. The largest absolute Gasteiger partial charge is 0.486 e. The molecule has 5 nitrogen and oxygen atoms in total. The summed E-state index contributed by atoms with van der Waals surface area (Å²) in [4.78, 5) is 12.1. The summed E-state index contributed by atoms with van der Waals surface area (Å²) in [6.07, 6.45) is 0. The number of carbonyl (C=O) groups is 1. The maximum absolute atomic E-state index is 12.1. The van der Waals surface area contributed by atoms with E-state index in [0.717, 1.165) is 11.1 Å². The number of rotatable bonds is 5. The van der Waals surface area contributed by atoms with Gasteiger partial charge in [0.25, 0.3) is 5.91 Å². The van der Waals surface area contributed by atoms with E-state index in [4.69, 9.17) is 14.2 Å². The van der Waals surface area contributed by atoms with Crippen LogP contribution in [0.1, 0.15) is 0 Å². The summed E-state index contributed by atoms with van der Waals surface area (Å²) in [6.45, 7) is 0.973. The van der Waals surface area contributed by atoms with Crippen molar-refractivity contribution in [3.05, 3.63) is 72.8 Å². The van der Waals surface area contributed by atoms with E-state index in [9.17, 15) is 4.79 Å². The maximum atomic E-state index is 12.1. The van der Waals surface area contributed by atoms with Gasteiger partial charge in [-0.25, -0.2) is 0 Å². The third-order valence-corrected chi connectivity index (χ3v) is 4.16. The zero-order chi connectivity index (χ0) is 18.5. The molecule has 4 rings (SSSR count). The smallest absolute Gasteiger partial charge is 0.262 e. The highest BCUT2D eigenvalue weighted by atomic mass is 16.6. The maximum Gasteiger partial charge on any atom is 0.262 e. The van der Waals surface area contributed by atoms with Gasteiger partial charge in [0.05, 0.1) is 0 Å². The van der Waals surface area contributed by atoms with Crippen LogP contribution in [0.25, 0.3) is 11.1 Å². The Labute approximate surface area is 157 Å². The van der Waals surface area contributed by atoms with E-state index in [0.29, 0.717) is 36.1 Å². The molecule has 1 N–H and O–H groups in total. The molecule has 0 aromatic heterocycles. The lowest BCUT2D eigenvalue weighted by Gasteiger charge is -2.19. The minimum Gasteiger partial charge on any atom is -0.486 e. The van der Waals surface area contributed by atoms with Gasteiger partial charge in [0.2, 0.25) is 0 Å². The summed E-state index contributed by atoms with van der Waals surface area (Å²) < 4.78 is 16.6. The van der Waals surface area contributed by atoms with Crippen LogP contribution in [0.5, 0.6) is 17.2 Å². The minimum atomic E-state index is -0.237. The molecule has 0 aliphatic carbocycles. The van der Waals surface area contributed by atoms with Crippen molar-refractivity contribution in [2.75, 3.05) is 25.1 Å². The lowest BCUT2D eigenvalue weighted by molar-refractivity contribution is -0.118. The van der Waals surface area contributed by atoms with Gasteiger partial charge in [-0.3, -0.25) is 4.79 Å². The molecule has 1 aliphatic rings. The van der Waals surface area contributed by atoms with E-state index in [1.165, 1.54) is 0 Å². The Morgan fingerprint density at radius 2 is 1.56 bits per heavy atom. The molecule has 27 heavy (non-hydrogen) atoms. The summed E-state index contributed by atoms with van der Waals surface area (Å²) in [5.74, 6) is 1.73. The number of benzene rings is 3. The fourth-order valence-corrected chi connectivity index (χ4v) is 2.84. The molecule has 0 saturated heterocycles. The summed E-state index contributed by atoms with van der Waals surface area (Å²) in [5.41, 5.74) is 2.89. The van der Waals surface area contributed by atoms with Crippen LogP contribution in [0.2, 0.25) is 0 Å². The van der Waals surface area contributed by atoms with Gasteiger partial charge in [0, 0.05) is 11.8 Å². The first-order chi connectivity index (χ1) is 13.3. The Balaban J connectivity index is 1.33. The van der Waals surface area contributed by atoms with Crippen molar-refractivity contribution in [3.63, 3.8) is 0 Å². The molecular formula is C22H19NO4. The van der Waals surface area contributed by atoms with E-state index >= 15 is 0 Å². The van der Waals surface area contributed by atoms with Crippen molar-refractivity contribution in [1.29, 1.82) is 0 Å². The number of nitrogens with one attached hydrogen (secondary N) is 1. The number of fused-ring (bicyclic) bond motifs is 1. The third kappa shape index (κ3) is 4.20. The van der Waals surface area contributed by atoms with E-state index in [-0.39, 0.29) is 12.5 Å². The lowest BCUT2D eigenvalue weighted by atomic mass is 10.1. The number of amides is 1. The molecule has 3 aromatic rings. The van der Waals surface area contributed by atoms with Gasteiger partial charge in [0.1, 0.15) is 19.0 Å². The Hall–Kier alpha value is -3.47. The van der Waals surface area contributed by atoms with Crippen LogP contribution in [0.4, 0.5) is 5.69 Å². The second kappa shape index (κ2) is 7.83. The second-order valence-electron chi connectivity index (χ2n) is 6.09. The average Bonchev–Trinajstić information content (AvgIpc) is 2.73. The van der Waals surface area contributed by atoms with Gasteiger partial charge in [-0.1, -0.05) is 42.5 Å². The molecule has 0 unspecified atom stereocenters. The average molecular weight is 361 g/mol. The minimum absolute atomic E-state index is 0.0703. The Morgan fingerprint density at radius 3 is 2.33 bits per heavy atom. The molecule has 0 saturated carbocycles. The van der Waals surface area contributed by atoms with Crippen molar-refractivity contribution in [1.82, 2.24) is 0 Å². The van der Waals surface area contributed by atoms with Crippen molar-refractivity contribution in [3.8, 4) is 28.4 Å². The van der Waals surface area contributed by atoms with Crippen LogP contribution >= 0.6 is 0 Å². The quantitative estimate of drug-likeness (QED) is 0.742. The first-order valence-corrected chi connectivity index (χ1v) is 8.76. The van der Waals surface area contributed by atoms with E-state index in [1.807, 2.05) is 42.5 Å². The number of hydrogen-bond donors (Lipinski definition) is 1. The first kappa shape index (κ1) is 17.0. The van der Waals surface area contributed by atoms with Crippen LogP contribution in [0.15, 0.2) is 72.8 Å². The predicted octanol–water partition coefficient (Wildman–Crippen LogP) is 4.14. The fraction of sp³-hybridized carbons (Fsp3) is 0.136. The van der Waals surface area contributed by atoms with Crippen LogP contribution in [0.3, 0.4) is 0 Å². The molecule has 1 amide bonds. The molecule has 1 aliphatic heterocycles. The highest BCUT2D eigenvalue weighted by Gasteiger charge is 2.13. The molecule has 0 radical (unpaired) electrons. The number of ether oxygens (including phenoxy) is 3. The Bertz CT molecular complexity index is 923. The van der Waals surface area contributed by atoms with E-state index in [1.54, 1.807) is 18.2 Å². The van der Waals surface area contributed by atoms with Crippen molar-refractivity contribution in [2.24, 2.45) is 0 Å². The molecule has 0 bridgehead atoms. The number of anilines is 1. The first-order valence-electron chi connectivity index (χ1n) is 8.76. The molecule has 0 fully saturated rings. The summed E-state index contributed by atoms with van der Waals surface area (Å²) in [6, 6.07) is 23.1. The Morgan fingerprint density at radius 1 is 0.852 bits per heavy atom. The Kier molecular flexibility index (Phi) is 4.92. The summed E-state index contributed by atoms with van der Waals surface area (Å²) in [7, 11) is 0.